The fourth-order valence-corrected chi connectivity index (χ4v) is 4.15. The number of aromatic nitrogens is 2. The molecule has 2 N–H and O–H groups in total. The van der Waals surface area contributed by atoms with Crippen LogP contribution >= 0.6 is 0 Å². The topological polar surface area (TPSA) is 132 Å². The predicted octanol–water partition coefficient (Wildman–Crippen LogP) is 5.37. The summed E-state index contributed by atoms with van der Waals surface area (Å²) < 4.78 is 82.1. The van der Waals surface area contributed by atoms with Crippen LogP contribution in [0.25, 0.3) is 0 Å². The molecular weight excluding hydrogens is 603 g/mol. The van der Waals surface area contributed by atoms with Gasteiger partial charge in [0.25, 0.3) is 0 Å². The van der Waals surface area contributed by atoms with Crippen molar-refractivity contribution in [2.45, 2.75) is 45.5 Å². The SMILES string of the molecule is CN(c1cccc(CNc2nc(Nc3ccc(OCCOCCC(=O)OC(C)(C)C)cc3)ncc2C(F)(F)F)c1)S(C)(=O)=O. The van der Waals surface area contributed by atoms with Crippen molar-refractivity contribution in [3.8, 4) is 5.75 Å². The quantitative estimate of drug-likeness (QED) is 0.175. The molecule has 44 heavy (non-hydrogen) atoms. The van der Waals surface area contributed by atoms with Crippen molar-refractivity contribution in [1.29, 1.82) is 0 Å². The van der Waals surface area contributed by atoms with Gasteiger partial charge in [-0.05, 0) is 62.7 Å². The lowest BCUT2D eigenvalue weighted by molar-refractivity contribution is -0.156. The van der Waals surface area contributed by atoms with E-state index in [0.717, 1.165) is 10.6 Å². The Morgan fingerprint density at radius 1 is 1.02 bits per heavy atom. The molecule has 3 rings (SSSR count). The van der Waals surface area contributed by atoms with E-state index in [1.807, 2.05) is 0 Å². The number of nitrogens with one attached hydrogen (secondary N) is 2. The van der Waals surface area contributed by atoms with E-state index in [0.29, 0.717) is 28.9 Å². The molecule has 0 atom stereocenters. The molecule has 0 radical (unpaired) electrons. The van der Waals surface area contributed by atoms with E-state index in [1.54, 1.807) is 69.3 Å². The molecule has 0 bridgehead atoms. The maximum atomic E-state index is 13.7. The number of ether oxygens (including phenoxy) is 3. The smallest absolute Gasteiger partial charge is 0.421 e. The molecule has 1 heterocycles. The van der Waals surface area contributed by atoms with E-state index in [-0.39, 0.29) is 44.7 Å². The van der Waals surface area contributed by atoms with Gasteiger partial charge in [-0.15, -0.1) is 0 Å². The average Bonchev–Trinajstić information content (AvgIpc) is 2.92. The molecule has 0 spiro atoms. The largest absolute Gasteiger partial charge is 0.491 e. The van der Waals surface area contributed by atoms with Gasteiger partial charge in [-0.1, -0.05) is 12.1 Å². The van der Waals surface area contributed by atoms with Crippen molar-refractivity contribution in [2.75, 3.05) is 48.1 Å². The van der Waals surface area contributed by atoms with Crippen LogP contribution in [-0.2, 0) is 37.0 Å². The summed E-state index contributed by atoms with van der Waals surface area (Å²) in [5.74, 6) is -0.321. The second kappa shape index (κ2) is 14.6. The van der Waals surface area contributed by atoms with Gasteiger partial charge >= 0.3 is 12.1 Å². The number of carbonyl (C=O) groups is 1. The van der Waals surface area contributed by atoms with Crippen LogP contribution < -0.4 is 19.7 Å². The molecule has 0 aliphatic rings. The van der Waals surface area contributed by atoms with E-state index in [1.165, 1.54) is 7.05 Å². The summed E-state index contributed by atoms with van der Waals surface area (Å²) in [5, 5.41) is 5.57. The number of benzene rings is 2. The van der Waals surface area contributed by atoms with Crippen molar-refractivity contribution in [3.63, 3.8) is 0 Å². The van der Waals surface area contributed by atoms with Gasteiger partial charge < -0.3 is 24.8 Å². The molecule has 0 aliphatic carbocycles. The van der Waals surface area contributed by atoms with Crippen LogP contribution in [0.15, 0.2) is 54.7 Å². The summed E-state index contributed by atoms with van der Waals surface area (Å²) in [6.45, 7) is 6.03. The first-order valence-corrected chi connectivity index (χ1v) is 15.4. The Bertz CT molecular complexity index is 1510. The number of carbonyl (C=O) groups excluding carboxylic acids is 1. The van der Waals surface area contributed by atoms with Crippen molar-refractivity contribution in [2.24, 2.45) is 0 Å². The third kappa shape index (κ3) is 11.2. The number of anilines is 4. The summed E-state index contributed by atoms with van der Waals surface area (Å²) in [6.07, 6.45) is -2.84. The van der Waals surface area contributed by atoms with E-state index in [9.17, 15) is 26.4 Å². The molecule has 0 unspecified atom stereocenters. The number of esters is 1. The molecule has 3 aromatic rings. The normalized spacial score (nSPS) is 12.0. The molecule has 0 saturated heterocycles. The first-order chi connectivity index (χ1) is 20.5. The Morgan fingerprint density at radius 2 is 1.73 bits per heavy atom. The Balaban J connectivity index is 1.57. The monoisotopic (exact) mass is 639 g/mol. The summed E-state index contributed by atoms with van der Waals surface area (Å²) >= 11 is 0. The zero-order valence-corrected chi connectivity index (χ0v) is 25.9. The van der Waals surface area contributed by atoms with Gasteiger partial charge in [-0.25, -0.2) is 13.4 Å². The number of sulfonamides is 1. The molecule has 0 fully saturated rings. The van der Waals surface area contributed by atoms with Gasteiger partial charge in [0.15, 0.2) is 0 Å². The lowest BCUT2D eigenvalue weighted by Crippen LogP contribution is -2.24. The van der Waals surface area contributed by atoms with Crippen molar-refractivity contribution in [1.82, 2.24) is 9.97 Å². The van der Waals surface area contributed by atoms with E-state index >= 15 is 0 Å². The number of nitrogens with zero attached hydrogens (tertiary/aromatic N) is 3. The van der Waals surface area contributed by atoms with Gasteiger partial charge in [0, 0.05) is 25.5 Å². The third-order valence-corrected chi connectivity index (χ3v) is 7.01. The van der Waals surface area contributed by atoms with Crippen LogP contribution in [0.1, 0.15) is 38.3 Å². The Kier molecular flexibility index (Phi) is 11.4. The molecule has 15 heteroatoms. The number of rotatable bonds is 14. The van der Waals surface area contributed by atoms with Crippen LogP contribution in [0.4, 0.5) is 36.3 Å². The lowest BCUT2D eigenvalue weighted by Gasteiger charge is -2.19. The second-order valence-electron chi connectivity index (χ2n) is 10.7. The fraction of sp³-hybridized carbons (Fsp3) is 0.414. The summed E-state index contributed by atoms with van der Waals surface area (Å²) in [4.78, 5) is 19.5. The zero-order chi connectivity index (χ0) is 32.5. The number of alkyl halides is 3. The van der Waals surface area contributed by atoms with E-state index in [4.69, 9.17) is 14.2 Å². The van der Waals surface area contributed by atoms with Crippen molar-refractivity contribution < 1.29 is 40.6 Å². The molecule has 0 aliphatic heterocycles. The molecule has 240 valence electrons. The molecule has 11 nitrogen and oxygen atoms in total. The lowest BCUT2D eigenvalue weighted by atomic mass is 10.2. The number of hydrogen-bond acceptors (Lipinski definition) is 10. The maximum Gasteiger partial charge on any atom is 0.421 e. The highest BCUT2D eigenvalue weighted by Gasteiger charge is 2.35. The molecule has 0 saturated carbocycles. The van der Waals surface area contributed by atoms with Crippen LogP contribution in [0.3, 0.4) is 0 Å². The highest BCUT2D eigenvalue weighted by molar-refractivity contribution is 7.92. The van der Waals surface area contributed by atoms with E-state index < -0.39 is 33.2 Å². The summed E-state index contributed by atoms with van der Waals surface area (Å²) in [7, 11) is -2.13. The molecule has 2 aromatic carbocycles. The minimum absolute atomic E-state index is 0.0538. The highest BCUT2D eigenvalue weighted by atomic mass is 32.2. The predicted molar refractivity (Wildman–Crippen MR) is 161 cm³/mol. The molecule has 0 amide bonds. The van der Waals surface area contributed by atoms with Crippen molar-refractivity contribution >= 4 is 39.1 Å². The highest BCUT2D eigenvalue weighted by Crippen LogP contribution is 2.34. The summed E-state index contributed by atoms with van der Waals surface area (Å²) in [5.41, 5.74) is -0.180. The van der Waals surface area contributed by atoms with Crippen LogP contribution in [0.2, 0.25) is 0 Å². The Morgan fingerprint density at radius 3 is 2.36 bits per heavy atom. The maximum absolute atomic E-state index is 13.7. The third-order valence-electron chi connectivity index (χ3n) is 5.80. The summed E-state index contributed by atoms with van der Waals surface area (Å²) in [6, 6.07) is 13.0. The zero-order valence-electron chi connectivity index (χ0n) is 25.1. The van der Waals surface area contributed by atoms with Gasteiger partial charge in [0.2, 0.25) is 16.0 Å². The first kappa shape index (κ1) is 34.4. The average molecular weight is 640 g/mol. The molecule has 1 aromatic heterocycles. The van der Waals surface area contributed by atoms with Crippen LogP contribution in [-0.4, -0.2) is 63.1 Å². The second-order valence-corrected chi connectivity index (χ2v) is 12.7. The Hall–Kier alpha value is -4.11. The Labute approximate surface area is 254 Å². The van der Waals surface area contributed by atoms with Crippen molar-refractivity contribution in [3.05, 3.63) is 65.9 Å². The minimum atomic E-state index is -4.71. The first-order valence-electron chi connectivity index (χ1n) is 13.5. The van der Waals surface area contributed by atoms with Crippen LogP contribution in [0.5, 0.6) is 5.75 Å². The fourth-order valence-electron chi connectivity index (χ4n) is 3.66. The van der Waals surface area contributed by atoms with Gasteiger partial charge in [0.05, 0.1) is 31.6 Å². The minimum Gasteiger partial charge on any atom is -0.491 e. The standard InChI is InChI=1S/C29H36F3N5O6S/c1-28(2,3)43-25(38)13-14-41-15-16-42-23-11-9-21(10-12-23)35-27-34-19-24(29(30,31)32)26(36-27)33-18-20-7-6-8-22(17-20)37(4)44(5,39)40/h6-12,17,19H,13-16,18H2,1-5H3,(H2,33,34,35,36). The van der Waals surface area contributed by atoms with Gasteiger partial charge in [-0.3, -0.25) is 9.10 Å². The molecular formula is C29H36F3N5O6S. The van der Waals surface area contributed by atoms with E-state index in [2.05, 4.69) is 20.6 Å². The van der Waals surface area contributed by atoms with Gasteiger partial charge in [-0.2, -0.15) is 18.2 Å². The van der Waals surface area contributed by atoms with Crippen LogP contribution in [0, 0.1) is 0 Å². The van der Waals surface area contributed by atoms with Gasteiger partial charge in [0.1, 0.15) is 29.3 Å². The number of hydrogen-bond donors (Lipinski definition) is 2. The number of halogens is 3.